The molecule has 1 fully saturated rings. The fourth-order valence-electron chi connectivity index (χ4n) is 3.24. The van der Waals surface area contributed by atoms with Crippen molar-refractivity contribution in [3.05, 3.63) is 53.3 Å². The van der Waals surface area contributed by atoms with Crippen molar-refractivity contribution in [2.24, 2.45) is 0 Å². The van der Waals surface area contributed by atoms with E-state index < -0.39 is 0 Å². The molecular weight excluding hydrogens is 302 g/mol. The third-order valence-corrected chi connectivity index (χ3v) is 4.90. The molecule has 1 aromatic carbocycles. The number of carbonyl (C=O) groups is 1. The molecule has 0 unspecified atom stereocenters. The number of benzene rings is 1. The van der Waals surface area contributed by atoms with Crippen molar-refractivity contribution in [2.75, 3.05) is 19.8 Å². The molecule has 0 spiro atoms. The highest BCUT2D eigenvalue weighted by molar-refractivity contribution is 5.92. The fraction of sp³-hybridized carbons (Fsp3) is 0.474. The first kappa shape index (κ1) is 16.7. The molecule has 128 valence electrons. The van der Waals surface area contributed by atoms with Crippen LogP contribution in [0.15, 0.2) is 36.5 Å². The lowest BCUT2D eigenvalue weighted by molar-refractivity contribution is 0.0486. The summed E-state index contributed by atoms with van der Waals surface area (Å²) < 4.78 is 7.31. The SMILES string of the molecule is CCn1ccc(C(=O)NCC2(c3ccc(C)cc3)CCOCC2)n1. The van der Waals surface area contributed by atoms with Crippen molar-refractivity contribution in [3.63, 3.8) is 0 Å². The lowest BCUT2D eigenvalue weighted by atomic mass is 9.74. The zero-order chi connectivity index (χ0) is 17.0. The lowest BCUT2D eigenvalue weighted by Crippen LogP contribution is -2.44. The summed E-state index contributed by atoms with van der Waals surface area (Å²) in [5, 5.41) is 7.37. The van der Waals surface area contributed by atoms with Gasteiger partial charge in [-0.25, -0.2) is 0 Å². The maximum atomic E-state index is 12.4. The van der Waals surface area contributed by atoms with Crippen molar-refractivity contribution in [1.82, 2.24) is 15.1 Å². The standard InChI is InChI=1S/C19H25N3O2/c1-3-22-11-8-17(21-22)18(23)20-14-19(9-12-24-13-10-19)16-6-4-15(2)5-7-16/h4-8,11H,3,9-10,12-14H2,1-2H3,(H,20,23). The first-order valence-electron chi connectivity index (χ1n) is 8.59. The summed E-state index contributed by atoms with van der Waals surface area (Å²) in [6, 6.07) is 10.4. The lowest BCUT2D eigenvalue weighted by Gasteiger charge is -2.38. The zero-order valence-electron chi connectivity index (χ0n) is 14.4. The molecule has 1 amide bonds. The van der Waals surface area contributed by atoms with Crippen LogP contribution in [0, 0.1) is 6.92 Å². The van der Waals surface area contributed by atoms with Gasteiger partial charge in [0, 0.05) is 37.9 Å². The highest BCUT2D eigenvalue weighted by Gasteiger charge is 2.35. The predicted molar refractivity (Wildman–Crippen MR) is 93.1 cm³/mol. The second kappa shape index (κ2) is 7.18. The first-order valence-corrected chi connectivity index (χ1v) is 8.59. The van der Waals surface area contributed by atoms with Crippen LogP contribution in [-0.4, -0.2) is 35.4 Å². The van der Waals surface area contributed by atoms with Crippen LogP contribution in [0.1, 0.15) is 41.4 Å². The largest absolute Gasteiger partial charge is 0.381 e. The fourth-order valence-corrected chi connectivity index (χ4v) is 3.24. The molecule has 1 N–H and O–H groups in total. The van der Waals surface area contributed by atoms with Gasteiger partial charge in [0.25, 0.3) is 5.91 Å². The molecule has 1 aliphatic heterocycles. The number of ether oxygens (including phenoxy) is 1. The molecule has 2 heterocycles. The van der Waals surface area contributed by atoms with Crippen molar-refractivity contribution in [1.29, 1.82) is 0 Å². The predicted octanol–water partition coefficient (Wildman–Crippen LogP) is 2.69. The van der Waals surface area contributed by atoms with Gasteiger partial charge in [-0.2, -0.15) is 5.10 Å². The molecule has 0 atom stereocenters. The zero-order valence-corrected chi connectivity index (χ0v) is 14.4. The van der Waals surface area contributed by atoms with E-state index >= 15 is 0 Å². The third kappa shape index (κ3) is 3.51. The molecule has 0 saturated carbocycles. The van der Waals surface area contributed by atoms with Crippen molar-refractivity contribution < 1.29 is 9.53 Å². The van der Waals surface area contributed by atoms with Gasteiger partial charge in [-0.3, -0.25) is 9.48 Å². The molecule has 0 aliphatic carbocycles. The summed E-state index contributed by atoms with van der Waals surface area (Å²) in [6.45, 7) is 6.92. The Kier molecular flexibility index (Phi) is 5.00. The van der Waals surface area contributed by atoms with E-state index in [1.165, 1.54) is 11.1 Å². The average molecular weight is 327 g/mol. The monoisotopic (exact) mass is 327 g/mol. The van der Waals surface area contributed by atoms with Gasteiger partial charge < -0.3 is 10.1 Å². The van der Waals surface area contributed by atoms with E-state index in [2.05, 4.69) is 41.6 Å². The number of hydrogen-bond donors (Lipinski definition) is 1. The minimum absolute atomic E-state index is 0.0606. The highest BCUT2D eigenvalue weighted by Crippen LogP contribution is 2.34. The summed E-state index contributed by atoms with van der Waals surface area (Å²) in [7, 11) is 0. The van der Waals surface area contributed by atoms with Crippen LogP contribution in [0.4, 0.5) is 0 Å². The maximum Gasteiger partial charge on any atom is 0.271 e. The molecule has 2 aromatic rings. The van der Waals surface area contributed by atoms with Crippen LogP contribution >= 0.6 is 0 Å². The van der Waals surface area contributed by atoms with E-state index in [9.17, 15) is 4.79 Å². The van der Waals surface area contributed by atoms with E-state index in [0.29, 0.717) is 12.2 Å². The van der Waals surface area contributed by atoms with Crippen LogP contribution in [0.2, 0.25) is 0 Å². The van der Waals surface area contributed by atoms with Crippen molar-refractivity contribution >= 4 is 5.91 Å². The highest BCUT2D eigenvalue weighted by atomic mass is 16.5. The summed E-state index contributed by atoms with van der Waals surface area (Å²) in [6.07, 6.45) is 3.67. The van der Waals surface area contributed by atoms with Crippen molar-refractivity contribution in [3.8, 4) is 0 Å². The molecular formula is C19H25N3O2. The van der Waals surface area contributed by atoms with Gasteiger partial charge in [-0.05, 0) is 38.3 Å². The van der Waals surface area contributed by atoms with E-state index in [1.54, 1.807) is 10.7 Å². The normalized spacial score (nSPS) is 16.8. The number of amides is 1. The number of hydrogen-bond acceptors (Lipinski definition) is 3. The Morgan fingerprint density at radius 3 is 2.58 bits per heavy atom. The number of nitrogens with zero attached hydrogens (tertiary/aromatic N) is 2. The van der Waals surface area contributed by atoms with Crippen LogP contribution in [0.5, 0.6) is 0 Å². The molecule has 1 saturated heterocycles. The number of aryl methyl sites for hydroxylation is 2. The smallest absolute Gasteiger partial charge is 0.271 e. The third-order valence-electron chi connectivity index (χ3n) is 4.90. The number of carbonyl (C=O) groups excluding carboxylic acids is 1. The molecule has 5 heteroatoms. The topological polar surface area (TPSA) is 56.2 Å². The van der Waals surface area contributed by atoms with E-state index in [0.717, 1.165) is 32.6 Å². The quantitative estimate of drug-likeness (QED) is 0.918. The summed E-state index contributed by atoms with van der Waals surface area (Å²) in [5.74, 6) is -0.111. The molecule has 0 bridgehead atoms. The molecule has 24 heavy (non-hydrogen) atoms. The van der Waals surface area contributed by atoms with Gasteiger partial charge in [0.05, 0.1) is 0 Å². The molecule has 1 aliphatic rings. The van der Waals surface area contributed by atoms with E-state index in [-0.39, 0.29) is 11.3 Å². The van der Waals surface area contributed by atoms with Crippen LogP contribution in [0.25, 0.3) is 0 Å². The summed E-state index contributed by atoms with van der Waals surface area (Å²) >= 11 is 0. The number of nitrogens with one attached hydrogen (secondary N) is 1. The molecule has 5 nitrogen and oxygen atoms in total. The Labute approximate surface area is 143 Å². The Balaban J connectivity index is 1.75. The van der Waals surface area contributed by atoms with Crippen molar-refractivity contribution in [2.45, 2.75) is 38.6 Å². The van der Waals surface area contributed by atoms with Gasteiger partial charge in [0.15, 0.2) is 0 Å². The van der Waals surface area contributed by atoms with E-state index in [1.807, 2.05) is 13.1 Å². The minimum atomic E-state index is -0.111. The average Bonchev–Trinajstić information content (AvgIpc) is 3.10. The Morgan fingerprint density at radius 1 is 1.25 bits per heavy atom. The van der Waals surface area contributed by atoms with Gasteiger partial charge in [-0.1, -0.05) is 29.8 Å². The molecule has 3 rings (SSSR count). The van der Waals surface area contributed by atoms with E-state index in [4.69, 9.17) is 4.74 Å². The second-order valence-electron chi connectivity index (χ2n) is 6.50. The molecule has 1 aromatic heterocycles. The Morgan fingerprint density at radius 2 is 1.96 bits per heavy atom. The summed E-state index contributed by atoms with van der Waals surface area (Å²) in [5.41, 5.74) is 2.93. The minimum Gasteiger partial charge on any atom is -0.381 e. The Hall–Kier alpha value is -2.14. The van der Waals surface area contributed by atoms with Crippen LogP contribution in [-0.2, 0) is 16.7 Å². The Bertz CT molecular complexity index is 685. The molecule has 0 radical (unpaired) electrons. The van der Waals surface area contributed by atoms with Gasteiger partial charge in [0.1, 0.15) is 5.69 Å². The number of aromatic nitrogens is 2. The number of rotatable bonds is 5. The first-order chi connectivity index (χ1) is 11.6. The van der Waals surface area contributed by atoms with Gasteiger partial charge >= 0.3 is 0 Å². The van der Waals surface area contributed by atoms with Crippen LogP contribution in [0.3, 0.4) is 0 Å². The van der Waals surface area contributed by atoms with Crippen LogP contribution < -0.4 is 5.32 Å². The maximum absolute atomic E-state index is 12.4. The van der Waals surface area contributed by atoms with Gasteiger partial charge in [0.2, 0.25) is 0 Å². The second-order valence-corrected chi connectivity index (χ2v) is 6.50. The summed E-state index contributed by atoms with van der Waals surface area (Å²) in [4.78, 5) is 12.4. The van der Waals surface area contributed by atoms with Gasteiger partial charge in [-0.15, -0.1) is 0 Å².